The van der Waals surface area contributed by atoms with Gasteiger partial charge >= 0.3 is 0 Å². The minimum absolute atomic E-state index is 0.0588. The summed E-state index contributed by atoms with van der Waals surface area (Å²) in [5.74, 6) is 1.12. The summed E-state index contributed by atoms with van der Waals surface area (Å²) >= 11 is 0. The molecular weight excluding hydrogens is 428 g/mol. The number of rotatable bonds is 8. The highest BCUT2D eigenvalue weighted by atomic mass is 16.7. The summed E-state index contributed by atoms with van der Waals surface area (Å²) in [5.41, 5.74) is 0.384. The van der Waals surface area contributed by atoms with Gasteiger partial charge < -0.3 is 33.2 Å². The van der Waals surface area contributed by atoms with Crippen molar-refractivity contribution in [1.82, 2.24) is 0 Å². The summed E-state index contributed by atoms with van der Waals surface area (Å²) in [4.78, 5) is 12.7. The zero-order valence-corrected chi connectivity index (χ0v) is 18.5. The van der Waals surface area contributed by atoms with Gasteiger partial charge in [-0.3, -0.25) is 4.79 Å². The second-order valence-electron chi connectivity index (χ2n) is 7.75. The molecule has 0 fully saturated rings. The van der Waals surface area contributed by atoms with Crippen LogP contribution in [0.3, 0.4) is 0 Å². The minimum atomic E-state index is -0.751. The number of hydrogen-bond acceptors (Lipinski definition) is 8. The summed E-state index contributed by atoms with van der Waals surface area (Å²) < 4.78 is 33.6. The normalized spacial score (nSPS) is 14.2. The van der Waals surface area contributed by atoms with Crippen LogP contribution in [-0.4, -0.2) is 31.2 Å². The Morgan fingerprint density at radius 1 is 1.12 bits per heavy atom. The molecule has 2 aromatic carbocycles. The quantitative estimate of drug-likeness (QED) is 0.490. The van der Waals surface area contributed by atoms with Crippen LogP contribution in [0.4, 0.5) is 0 Å². The molecule has 0 spiro atoms. The third kappa shape index (κ3) is 4.74. The summed E-state index contributed by atoms with van der Waals surface area (Å²) in [5, 5.41) is 10.5. The van der Waals surface area contributed by atoms with Crippen molar-refractivity contribution in [3.8, 4) is 34.3 Å². The van der Waals surface area contributed by atoms with Gasteiger partial charge in [-0.25, -0.2) is 0 Å². The maximum Gasteiger partial charge on any atom is 0.244 e. The first-order chi connectivity index (χ1) is 15.8. The van der Waals surface area contributed by atoms with Crippen molar-refractivity contribution in [2.75, 3.05) is 20.3 Å². The van der Waals surface area contributed by atoms with E-state index >= 15 is 0 Å². The fourth-order valence-corrected chi connectivity index (χ4v) is 3.35. The van der Waals surface area contributed by atoms with E-state index in [1.165, 1.54) is 25.5 Å². The molecule has 8 nitrogen and oxygen atoms in total. The highest BCUT2D eigenvalue weighted by molar-refractivity contribution is 5.86. The molecule has 0 saturated heterocycles. The lowest BCUT2D eigenvalue weighted by atomic mass is 10.1. The Morgan fingerprint density at radius 2 is 1.94 bits per heavy atom. The highest BCUT2D eigenvalue weighted by Crippen LogP contribution is 2.35. The predicted molar refractivity (Wildman–Crippen MR) is 122 cm³/mol. The number of fused-ring (bicyclic) bond motifs is 1. The van der Waals surface area contributed by atoms with Gasteiger partial charge in [-0.15, -0.1) is 0 Å². The topological polar surface area (TPSA) is 96.6 Å². The molecule has 3 aromatic rings. The summed E-state index contributed by atoms with van der Waals surface area (Å²) in [7, 11) is 1.54. The third-order valence-electron chi connectivity index (χ3n) is 4.82. The molecule has 0 unspecified atom stereocenters. The van der Waals surface area contributed by atoms with Crippen LogP contribution < -0.4 is 19.6 Å². The van der Waals surface area contributed by atoms with Crippen molar-refractivity contribution in [2.45, 2.75) is 19.6 Å². The summed E-state index contributed by atoms with van der Waals surface area (Å²) in [6.45, 7) is 7.57. The van der Waals surface area contributed by atoms with E-state index in [-0.39, 0.29) is 23.3 Å². The zero-order valence-electron chi connectivity index (χ0n) is 18.5. The second-order valence-corrected chi connectivity index (χ2v) is 7.75. The van der Waals surface area contributed by atoms with Crippen molar-refractivity contribution in [2.24, 2.45) is 0 Å². The van der Waals surface area contributed by atoms with Crippen LogP contribution >= 0.6 is 0 Å². The van der Waals surface area contributed by atoms with E-state index in [9.17, 15) is 9.90 Å². The first kappa shape index (κ1) is 22.1. The van der Waals surface area contributed by atoms with E-state index in [0.717, 1.165) is 0 Å². The van der Waals surface area contributed by atoms with Crippen molar-refractivity contribution >= 4 is 11.0 Å². The SMILES string of the molecule is C=CCOc1cc(-c2cc(=O)c3c(O)cc(OCC4=COC(C)(C)O4)cc3o2)ccc1OC. The second kappa shape index (κ2) is 8.82. The van der Waals surface area contributed by atoms with Gasteiger partial charge in [-0.1, -0.05) is 12.7 Å². The fourth-order valence-electron chi connectivity index (χ4n) is 3.35. The van der Waals surface area contributed by atoms with E-state index in [0.29, 0.717) is 40.9 Å². The molecule has 0 radical (unpaired) electrons. The van der Waals surface area contributed by atoms with Crippen molar-refractivity contribution in [1.29, 1.82) is 0 Å². The van der Waals surface area contributed by atoms with Gasteiger partial charge in [0.15, 0.2) is 22.7 Å². The number of ether oxygens (including phenoxy) is 5. The Hall–Kier alpha value is -4.07. The Balaban J connectivity index is 1.67. The Kier molecular flexibility index (Phi) is 5.91. The van der Waals surface area contributed by atoms with Gasteiger partial charge in [0.25, 0.3) is 0 Å². The molecule has 2 heterocycles. The maximum absolute atomic E-state index is 12.7. The van der Waals surface area contributed by atoms with Crippen LogP contribution in [0, 0.1) is 0 Å². The molecule has 1 aromatic heterocycles. The summed E-state index contributed by atoms with van der Waals surface area (Å²) in [6, 6.07) is 9.38. The average Bonchev–Trinajstić information content (AvgIpc) is 3.14. The van der Waals surface area contributed by atoms with Gasteiger partial charge in [-0.2, -0.15) is 0 Å². The monoisotopic (exact) mass is 452 g/mol. The molecule has 8 heteroatoms. The van der Waals surface area contributed by atoms with Crippen molar-refractivity contribution in [3.63, 3.8) is 0 Å². The number of aromatic hydroxyl groups is 1. The first-order valence-electron chi connectivity index (χ1n) is 10.2. The molecule has 1 aliphatic rings. The molecule has 1 N–H and O–H groups in total. The van der Waals surface area contributed by atoms with E-state index in [4.69, 9.17) is 28.1 Å². The number of methoxy groups -OCH3 is 1. The molecule has 0 saturated carbocycles. The van der Waals surface area contributed by atoms with Gasteiger partial charge in [0, 0.05) is 37.6 Å². The molecule has 0 atom stereocenters. The highest BCUT2D eigenvalue weighted by Gasteiger charge is 2.27. The molecule has 172 valence electrons. The van der Waals surface area contributed by atoms with Crippen LogP contribution in [0.25, 0.3) is 22.3 Å². The van der Waals surface area contributed by atoms with E-state index in [1.807, 2.05) is 0 Å². The molecule has 4 rings (SSSR count). The lowest BCUT2D eigenvalue weighted by molar-refractivity contribution is -0.119. The van der Waals surface area contributed by atoms with Gasteiger partial charge in [0.2, 0.25) is 5.79 Å². The molecule has 0 bridgehead atoms. The molecular formula is C25H24O8. The van der Waals surface area contributed by atoms with E-state index in [2.05, 4.69) is 6.58 Å². The van der Waals surface area contributed by atoms with Crippen LogP contribution in [0.1, 0.15) is 13.8 Å². The lowest BCUT2D eigenvalue weighted by Crippen LogP contribution is -2.21. The number of phenols is 1. The third-order valence-corrected chi connectivity index (χ3v) is 4.82. The number of benzene rings is 2. The van der Waals surface area contributed by atoms with Crippen LogP contribution in [0.5, 0.6) is 23.0 Å². The van der Waals surface area contributed by atoms with Crippen LogP contribution in [0.15, 0.2) is 70.3 Å². The molecule has 1 aliphatic heterocycles. The van der Waals surface area contributed by atoms with Crippen molar-refractivity contribution < 1.29 is 33.2 Å². The fraction of sp³-hybridized carbons (Fsp3) is 0.240. The largest absolute Gasteiger partial charge is 0.507 e. The standard InChI is InChI=1S/C25H24O8/c1-5-8-29-22-9-15(6-7-20(22)28-4)21-12-19(27)24-18(26)10-16(11-23(24)32-21)30-13-17-14-31-25(2,3)33-17/h5-7,9-12,14,26H,1,8,13H2,2-4H3. The van der Waals surface area contributed by atoms with E-state index < -0.39 is 11.2 Å². The van der Waals surface area contributed by atoms with Crippen LogP contribution in [-0.2, 0) is 9.47 Å². The van der Waals surface area contributed by atoms with Crippen molar-refractivity contribution in [3.05, 3.63) is 71.3 Å². The van der Waals surface area contributed by atoms with Gasteiger partial charge in [0.05, 0.1) is 7.11 Å². The predicted octanol–water partition coefficient (Wildman–Crippen LogP) is 4.74. The Labute approximate surface area is 190 Å². The lowest BCUT2D eigenvalue weighted by Gasteiger charge is -2.18. The first-order valence-corrected chi connectivity index (χ1v) is 10.2. The minimum Gasteiger partial charge on any atom is -0.507 e. The number of phenolic OH excluding ortho intramolecular Hbond substituents is 1. The maximum atomic E-state index is 12.7. The summed E-state index contributed by atoms with van der Waals surface area (Å²) in [6.07, 6.45) is 3.10. The Morgan fingerprint density at radius 3 is 2.64 bits per heavy atom. The van der Waals surface area contributed by atoms with Gasteiger partial charge in [-0.05, 0) is 18.2 Å². The Bertz CT molecular complexity index is 1290. The van der Waals surface area contributed by atoms with Crippen LogP contribution in [0.2, 0.25) is 0 Å². The van der Waals surface area contributed by atoms with E-state index in [1.54, 1.807) is 44.2 Å². The smallest absolute Gasteiger partial charge is 0.244 e. The molecule has 0 aliphatic carbocycles. The molecule has 0 amide bonds. The van der Waals surface area contributed by atoms with Gasteiger partial charge in [0.1, 0.15) is 47.7 Å². The number of hydrogen-bond donors (Lipinski definition) is 1. The zero-order chi connectivity index (χ0) is 23.6. The average molecular weight is 452 g/mol. The molecule has 33 heavy (non-hydrogen) atoms.